The number of aliphatic hydroxyl groups is 1. The summed E-state index contributed by atoms with van der Waals surface area (Å²) in [6.07, 6.45) is 2.27. The van der Waals surface area contributed by atoms with Gasteiger partial charge in [0.15, 0.2) is 5.43 Å². The van der Waals surface area contributed by atoms with Crippen LogP contribution in [0.3, 0.4) is 0 Å². The number of ether oxygens (including phenoxy) is 2. The van der Waals surface area contributed by atoms with Crippen LogP contribution in [0.2, 0.25) is 0 Å². The van der Waals surface area contributed by atoms with Crippen LogP contribution < -0.4 is 10.2 Å². The molecular formula is C28H30O7. The number of aliphatic hydroxyl groups excluding tert-OH is 1. The van der Waals surface area contributed by atoms with Crippen LogP contribution in [0, 0.1) is 0 Å². The van der Waals surface area contributed by atoms with E-state index in [1.807, 2.05) is 44.2 Å². The summed E-state index contributed by atoms with van der Waals surface area (Å²) in [5.74, 6) is -0.193. The highest BCUT2D eigenvalue weighted by Crippen LogP contribution is 2.46. The van der Waals surface area contributed by atoms with Crippen molar-refractivity contribution < 1.29 is 28.9 Å². The number of phenolic OH excluding ortho intramolecular Hbond substituents is 1. The molecule has 0 aliphatic carbocycles. The Hall–Kier alpha value is -3.58. The first-order valence-corrected chi connectivity index (χ1v) is 11.7. The van der Waals surface area contributed by atoms with E-state index in [1.165, 1.54) is 6.07 Å². The van der Waals surface area contributed by atoms with Crippen molar-refractivity contribution >= 4 is 16.9 Å². The maximum absolute atomic E-state index is 12.9. The second-order valence-electron chi connectivity index (χ2n) is 9.33. The Morgan fingerprint density at radius 3 is 2.60 bits per heavy atom. The fourth-order valence-electron chi connectivity index (χ4n) is 4.34. The molecule has 0 saturated carbocycles. The van der Waals surface area contributed by atoms with Crippen molar-refractivity contribution in [3.05, 3.63) is 80.7 Å². The molecule has 0 spiro atoms. The fraction of sp³-hybridized carbons (Fsp3) is 0.357. The highest BCUT2D eigenvalue weighted by atomic mass is 16.6. The molecule has 2 N–H and O–H groups in total. The predicted octanol–water partition coefficient (Wildman–Crippen LogP) is 4.37. The predicted molar refractivity (Wildman–Crippen MR) is 132 cm³/mol. The second kappa shape index (κ2) is 9.58. The molecule has 7 nitrogen and oxygen atoms in total. The quantitative estimate of drug-likeness (QED) is 0.400. The average molecular weight is 479 g/mol. The van der Waals surface area contributed by atoms with Crippen molar-refractivity contribution in [1.29, 1.82) is 0 Å². The monoisotopic (exact) mass is 478 g/mol. The van der Waals surface area contributed by atoms with Gasteiger partial charge in [0.25, 0.3) is 0 Å². The molecule has 1 atom stereocenters. The molecule has 4 rings (SSSR count). The van der Waals surface area contributed by atoms with Gasteiger partial charge in [0.1, 0.15) is 46.5 Å². The van der Waals surface area contributed by atoms with Crippen LogP contribution in [-0.2, 0) is 35.4 Å². The van der Waals surface area contributed by atoms with Gasteiger partial charge in [-0.05, 0) is 46.1 Å². The molecule has 35 heavy (non-hydrogen) atoms. The Morgan fingerprint density at radius 2 is 1.94 bits per heavy atom. The van der Waals surface area contributed by atoms with Crippen molar-refractivity contribution in [3.63, 3.8) is 0 Å². The normalized spacial score (nSPS) is 17.1. The second-order valence-corrected chi connectivity index (χ2v) is 9.33. The third-order valence-electron chi connectivity index (χ3n) is 6.54. The Labute approximate surface area is 203 Å². The number of hydrogen-bond donors (Lipinski definition) is 2. The first-order valence-electron chi connectivity index (χ1n) is 11.7. The van der Waals surface area contributed by atoms with E-state index in [-0.39, 0.29) is 28.9 Å². The zero-order chi connectivity index (χ0) is 25.3. The van der Waals surface area contributed by atoms with Crippen LogP contribution >= 0.6 is 0 Å². The number of allylic oxidation sites excluding steroid dienone is 1. The number of carbonyl (C=O) groups excluding carboxylic acids is 1. The molecule has 0 unspecified atom stereocenters. The molecule has 2 aromatic carbocycles. The summed E-state index contributed by atoms with van der Waals surface area (Å²) in [6, 6.07) is 11.0. The molecule has 1 aliphatic heterocycles. The van der Waals surface area contributed by atoms with Gasteiger partial charge in [0.05, 0.1) is 0 Å². The van der Waals surface area contributed by atoms with Gasteiger partial charge in [-0.2, -0.15) is 0 Å². The highest BCUT2D eigenvalue weighted by Gasteiger charge is 2.43. The van der Waals surface area contributed by atoms with E-state index in [0.717, 1.165) is 5.56 Å². The highest BCUT2D eigenvalue weighted by molar-refractivity contribution is 5.91. The van der Waals surface area contributed by atoms with E-state index < -0.39 is 29.7 Å². The lowest BCUT2D eigenvalue weighted by atomic mass is 9.86. The molecule has 1 aromatic heterocycles. The van der Waals surface area contributed by atoms with Crippen LogP contribution in [0.5, 0.6) is 11.5 Å². The lowest BCUT2D eigenvalue weighted by molar-refractivity contribution is -0.156. The third-order valence-corrected chi connectivity index (χ3v) is 6.54. The Bertz CT molecular complexity index is 1350. The topological polar surface area (TPSA) is 106 Å². The molecular weight excluding hydrogens is 448 g/mol. The summed E-state index contributed by atoms with van der Waals surface area (Å²) >= 11 is 0. The van der Waals surface area contributed by atoms with E-state index in [1.54, 1.807) is 19.9 Å². The van der Waals surface area contributed by atoms with E-state index in [9.17, 15) is 19.8 Å². The molecule has 0 fully saturated rings. The molecule has 1 aliphatic rings. The van der Waals surface area contributed by atoms with Gasteiger partial charge in [0, 0.05) is 29.2 Å². The molecule has 0 amide bonds. The molecule has 0 radical (unpaired) electrons. The standard InChI is InChI=1S/C28H30O7/c1-5-16(2)27(32)34-22-14-20-24(31)23-21(30)13-18(15-29)33-26(23)19(25(20)35-28(22,3)4)12-11-17-9-7-6-8-10-17/h5-10,13,22,29,31H,11-12,14-15H2,1-4H3/b16-5-/t22-/m1/s1. The minimum Gasteiger partial charge on any atom is -0.507 e. The Morgan fingerprint density at radius 1 is 1.23 bits per heavy atom. The van der Waals surface area contributed by atoms with Gasteiger partial charge in [-0.15, -0.1) is 0 Å². The zero-order valence-electron chi connectivity index (χ0n) is 20.4. The summed E-state index contributed by atoms with van der Waals surface area (Å²) in [7, 11) is 0. The molecule has 3 aromatic rings. The number of benzene rings is 2. The van der Waals surface area contributed by atoms with Gasteiger partial charge in [-0.25, -0.2) is 4.79 Å². The summed E-state index contributed by atoms with van der Waals surface area (Å²) in [5, 5.41) is 20.8. The van der Waals surface area contributed by atoms with Crippen molar-refractivity contribution in [3.8, 4) is 11.5 Å². The average Bonchev–Trinajstić information content (AvgIpc) is 2.84. The molecule has 184 valence electrons. The largest absolute Gasteiger partial charge is 0.507 e. The summed E-state index contributed by atoms with van der Waals surface area (Å²) < 4.78 is 18.0. The smallest absolute Gasteiger partial charge is 0.333 e. The van der Waals surface area contributed by atoms with E-state index in [4.69, 9.17) is 13.9 Å². The SMILES string of the molecule is C/C=C(/C)C(=O)O[C@@H]1Cc2c(c(CCc3ccccc3)c3oc(CO)cc(=O)c3c2O)OC1(C)C. The van der Waals surface area contributed by atoms with Crippen molar-refractivity contribution in [2.24, 2.45) is 0 Å². The van der Waals surface area contributed by atoms with Crippen molar-refractivity contribution in [2.75, 3.05) is 0 Å². The van der Waals surface area contributed by atoms with Crippen LogP contribution in [-0.4, -0.2) is 27.9 Å². The van der Waals surface area contributed by atoms with E-state index >= 15 is 0 Å². The molecule has 0 saturated heterocycles. The number of aryl methyl sites for hydroxylation is 2. The van der Waals surface area contributed by atoms with Crippen molar-refractivity contribution in [2.45, 2.75) is 65.3 Å². The van der Waals surface area contributed by atoms with Gasteiger partial charge >= 0.3 is 5.97 Å². The van der Waals surface area contributed by atoms with Crippen LogP contribution in [0.15, 0.2) is 57.3 Å². The number of carbonyl (C=O) groups is 1. The van der Waals surface area contributed by atoms with Gasteiger partial charge in [-0.1, -0.05) is 36.4 Å². The van der Waals surface area contributed by atoms with Crippen molar-refractivity contribution in [1.82, 2.24) is 0 Å². The summed E-state index contributed by atoms with van der Waals surface area (Å²) in [6.45, 7) is 6.62. The lowest BCUT2D eigenvalue weighted by Gasteiger charge is -2.40. The first-order chi connectivity index (χ1) is 16.7. The number of rotatable bonds is 6. The van der Waals surface area contributed by atoms with Crippen LogP contribution in [0.25, 0.3) is 11.0 Å². The Balaban J connectivity index is 1.88. The van der Waals surface area contributed by atoms with Crippen LogP contribution in [0.4, 0.5) is 0 Å². The number of fused-ring (bicyclic) bond motifs is 2. The van der Waals surface area contributed by atoms with E-state index in [2.05, 4.69) is 0 Å². The fourth-order valence-corrected chi connectivity index (χ4v) is 4.34. The Kier molecular flexibility index (Phi) is 6.72. The number of hydrogen-bond acceptors (Lipinski definition) is 7. The molecule has 2 heterocycles. The number of esters is 1. The molecule has 7 heteroatoms. The molecule has 0 bridgehead atoms. The first kappa shape index (κ1) is 24.5. The number of aromatic hydroxyl groups is 1. The third kappa shape index (κ3) is 4.68. The number of phenols is 1. The summed E-state index contributed by atoms with van der Waals surface area (Å²) in [4.78, 5) is 25.4. The van der Waals surface area contributed by atoms with Gasteiger partial charge in [0.2, 0.25) is 0 Å². The maximum atomic E-state index is 12.9. The van der Waals surface area contributed by atoms with E-state index in [0.29, 0.717) is 35.3 Å². The van der Waals surface area contributed by atoms with Crippen LogP contribution in [0.1, 0.15) is 50.1 Å². The minimum absolute atomic E-state index is 0.0297. The van der Waals surface area contributed by atoms with Gasteiger partial charge < -0.3 is 24.1 Å². The summed E-state index contributed by atoms with van der Waals surface area (Å²) in [5.41, 5.74) is 1.42. The van der Waals surface area contributed by atoms with Gasteiger partial charge in [-0.3, -0.25) is 4.79 Å². The maximum Gasteiger partial charge on any atom is 0.333 e. The minimum atomic E-state index is -0.910. The zero-order valence-corrected chi connectivity index (χ0v) is 20.4. The lowest BCUT2D eigenvalue weighted by Crippen LogP contribution is -2.49.